The Kier molecular flexibility index (Phi) is 3.94. The van der Waals surface area contributed by atoms with Crippen LogP contribution in [0.4, 0.5) is 0 Å². The summed E-state index contributed by atoms with van der Waals surface area (Å²) in [5, 5.41) is 12.9. The second-order valence-electron chi connectivity index (χ2n) is 5.54. The fourth-order valence-electron chi connectivity index (χ4n) is 2.75. The molecule has 6 heteroatoms. The summed E-state index contributed by atoms with van der Waals surface area (Å²) in [7, 11) is 1.92. The third kappa shape index (κ3) is 2.74. The molecule has 0 amide bonds. The summed E-state index contributed by atoms with van der Waals surface area (Å²) in [5.41, 5.74) is 11.1. The Morgan fingerprint density at radius 2 is 2.23 bits per heavy atom. The fraction of sp³-hybridized carbons (Fsp3) is 0.312. The molecule has 0 aliphatic rings. The molecule has 2 aromatic heterocycles. The molecule has 0 bridgehead atoms. The van der Waals surface area contributed by atoms with Crippen molar-refractivity contribution in [2.75, 3.05) is 0 Å². The summed E-state index contributed by atoms with van der Waals surface area (Å²) in [6.45, 7) is 2.18. The quantitative estimate of drug-likeness (QED) is 0.710. The van der Waals surface area contributed by atoms with E-state index in [4.69, 9.17) is 18.0 Å². The number of nitrogens with two attached hydrogens (primary N) is 1. The number of nitrogens with zero attached hydrogens (tertiary/aromatic N) is 3. The predicted octanol–water partition coefficient (Wildman–Crippen LogP) is 2.74. The second-order valence-corrected chi connectivity index (χ2v) is 6.06. The van der Waals surface area contributed by atoms with Gasteiger partial charge in [0.05, 0.1) is 11.2 Å². The third-order valence-corrected chi connectivity index (χ3v) is 3.85. The number of nitrogens with one attached hydrogen (secondary N) is 1. The number of fused-ring (bicyclic) bond motifs is 1. The number of rotatable bonds is 5. The highest BCUT2D eigenvalue weighted by atomic mass is 32.1. The number of aromatic nitrogens is 4. The molecule has 3 rings (SSSR count). The standard InChI is InChI=1S/C16H19N5S/c1-3-4-10-5-12(11-8-18-21(2)9-11)16-13(6-10)14(19-20-16)7-15(17)22/h5-6,8-9H,3-4,7H2,1-2H3,(H2,17,22)(H,19,20). The van der Waals surface area contributed by atoms with Gasteiger partial charge in [-0.05, 0) is 24.1 Å². The van der Waals surface area contributed by atoms with Gasteiger partial charge in [0.2, 0.25) is 0 Å². The minimum atomic E-state index is 0.467. The number of hydrogen-bond acceptors (Lipinski definition) is 3. The maximum atomic E-state index is 5.69. The van der Waals surface area contributed by atoms with Crippen molar-refractivity contribution in [1.29, 1.82) is 0 Å². The molecule has 0 radical (unpaired) electrons. The number of hydrogen-bond donors (Lipinski definition) is 2. The van der Waals surface area contributed by atoms with E-state index in [0.29, 0.717) is 11.4 Å². The summed E-state index contributed by atoms with van der Waals surface area (Å²) < 4.78 is 1.80. The van der Waals surface area contributed by atoms with Crippen molar-refractivity contribution in [3.05, 3.63) is 35.8 Å². The Hall–Kier alpha value is -2.21. The first-order chi connectivity index (χ1) is 10.6. The predicted molar refractivity (Wildman–Crippen MR) is 92.8 cm³/mol. The molecule has 0 aliphatic heterocycles. The molecule has 22 heavy (non-hydrogen) atoms. The van der Waals surface area contributed by atoms with Crippen molar-refractivity contribution in [1.82, 2.24) is 20.0 Å². The van der Waals surface area contributed by atoms with Gasteiger partial charge in [-0.2, -0.15) is 10.2 Å². The van der Waals surface area contributed by atoms with Crippen LogP contribution in [0.1, 0.15) is 24.6 Å². The van der Waals surface area contributed by atoms with Gasteiger partial charge in [-0.3, -0.25) is 9.78 Å². The molecule has 0 unspecified atom stereocenters. The number of aromatic amines is 1. The van der Waals surface area contributed by atoms with Crippen molar-refractivity contribution in [3.63, 3.8) is 0 Å². The Bertz CT molecular complexity index is 830. The maximum Gasteiger partial charge on any atom is 0.100 e. The number of thiocarbonyl (C=S) groups is 1. The number of benzene rings is 1. The molecular formula is C16H19N5S. The van der Waals surface area contributed by atoms with Crippen molar-refractivity contribution in [2.24, 2.45) is 12.8 Å². The van der Waals surface area contributed by atoms with Crippen LogP contribution in [0.25, 0.3) is 22.0 Å². The maximum absolute atomic E-state index is 5.69. The van der Waals surface area contributed by atoms with Crippen LogP contribution >= 0.6 is 12.2 Å². The van der Waals surface area contributed by atoms with Crippen molar-refractivity contribution < 1.29 is 0 Å². The SMILES string of the molecule is CCCc1cc(-c2cnn(C)c2)c2n[nH]c(CC(N)=S)c2c1. The lowest BCUT2D eigenvalue weighted by Crippen LogP contribution is -2.11. The van der Waals surface area contributed by atoms with Gasteiger partial charge < -0.3 is 5.73 Å². The molecule has 1 aromatic carbocycles. The molecule has 2 heterocycles. The van der Waals surface area contributed by atoms with Gasteiger partial charge in [0.1, 0.15) is 5.52 Å². The van der Waals surface area contributed by atoms with Gasteiger partial charge in [0.15, 0.2) is 0 Å². The molecule has 0 atom stereocenters. The molecule has 0 saturated heterocycles. The molecule has 0 fully saturated rings. The normalized spacial score (nSPS) is 11.2. The van der Waals surface area contributed by atoms with E-state index in [9.17, 15) is 0 Å². The van der Waals surface area contributed by atoms with Crippen molar-refractivity contribution >= 4 is 28.1 Å². The fourth-order valence-corrected chi connectivity index (χ4v) is 2.90. The Morgan fingerprint density at radius 3 is 2.86 bits per heavy atom. The molecule has 0 spiro atoms. The summed E-state index contributed by atoms with van der Waals surface area (Å²) in [5.74, 6) is 0. The van der Waals surface area contributed by atoms with Crippen LogP contribution in [0.2, 0.25) is 0 Å². The molecular weight excluding hydrogens is 294 g/mol. The largest absolute Gasteiger partial charge is 0.393 e. The summed E-state index contributed by atoms with van der Waals surface area (Å²) in [6.07, 6.45) is 6.54. The number of aryl methyl sites for hydroxylation is 2. The summed E-state index contributed by atoms with van der Waals surface area (Å²) in [4.78, 5) is 0.467. The van der Waals surface area contributed by atoms with E-state index < -0.39 is 0 Å². The smallest absolute Gasteiger partial charge is 0.100 e. The van der Waals surface area contributed by atoms with E-state index >= 15 is 0 Å². The molecule has 0 saturated carbocycles. The van der Waals surface area contributed by atoms with E-state index in [2.05, 4.69) is 34.4 Å². The topological polar surface area (TPSA) is 72.5 Å². The van der Waals surface area contributed by atoms with Crippen LogP contribution in [-0.4, -0.2) is 25.0 Å². The zero-order valence-electron chi connectivity index (χ0n) is 12.8. The average Bonchev–Trinajstić information content (AvgIpc) is 3.05. The lowest BCUT2D eigenvalue weighted by Gasteiger charge is -2.06. The molecule has 3 N–H and O–H groups in total. The minimum Gasteiger partial charge on any atom is -0.393 e. The van der Waals surface area contributed by atoms with Gasteiger partial charge in [-0.25, -0.2) is 0 Å². The van der Waals surface area contributed by atoms with Crippen LogP contribution in [0.15, 0.2) is 24.5 Å². The Balaban J connectivity index is 2.21. The minimum absolute atomic E-state index is 0.467. The molecule has 5 nitrogen and oxygen atoms in total. The van der Waals surface area contributed by atoms with Crippen LogP contribution in [0.3, 0.4) is 0 Å². The molecule has 114 valence electrons. The lowest BCUT2D eigenvalue weighted by molar-refractivity contribution is 0.768. The third-order valence-electron chi connectivity index (χ3n) is 3.70. The number of H-pyrrole nitrogens is 1. The van der Waals surface area contributed by atoms with Crippen molar-refractivity contribution in [3.8, 4) is 11.1 Å². The first-order valence-electron chi connectivity index (χ1n) is 7.35. The van der Waals surface area contributed by atoms with Crippen molar-refractivity contribution in [2.45, 2.75) is 26.2 Å². The monoisotopic (exact) mass is 313 g/mol. The van der Waals surface area contributed by atoms with E-state index in [-0.39, 0.29) is 0 Å². The van der Waals surface area contributed by atoms with Gasteiger partial charge in [-0.15, -0.1) is 0 Å². The zero-order chi connectivity index (χ0) is 15.7. The van der Waals surface area contributed by atoms with Crippen LogP contribution < -0.4 is 5.73 Å². The highest BCUT2D eigenvalue weighted by Gasteiger charge is 2.14. The summed E-state index contributed by atoms with van der Waals surface area (Å²) >= 11 is 5.04. The summed E-state index contributed by atoms with van der Waals surface area (Å²) in [6, 6.07) is 4.39. The van der Waals surface area contributed by atoms with Crippen LogP contribution in [-0.2, 0) is 19.9 Å². The highest BCUT2D eigenvalue weighted by Crippen LogP contribution is 2.31. The van der Waals surface area contributed by atoms with Crippen LogP contribution in [0, 0.1) is 0 Å². The van der Waals surface area contributed by atoms with Gasteiger partial charge in [0.25, 0.3) is 0 Å². The highest BCUT2D eigenvalue weighted by molar-refractivity contribution is 7.80. The second kappa shape index (κ2) is 5.88. The Morgan fingerprint density at radius 1 is 1.41 bits per heavy atom. The van der Waals surface area contributed by atoms with E-state index in [1.807, 2.05) is 19.4 Å². The van der Waals surface area contributed by atoms with E-state index in [1.54, 1.807) is 4.68 Å². The molecule has 3 aromatic rings. The average molecular weight is 313 g/mol. The Labute approximate surface area is 134 Å². The first kappa shape index (κ1) is 14.7. The van der Waals surface area contributed by atoms with E-state index in [0.717, 1.165) is 40.6 Å². The zero-order valence-corrected chi connectivity index (χ0v) is 13.6. The van der Waals surface area contributed by atoms with Crippen LogP contribution in [0.5, 0.6) is 0 Å². The lowest BCUT2D eigenvalue weighted by atomic mass is 9.98. The van der Waals surface area contributed by atoms with E-state index in [1.165, 1.54) is 5.56 Å². The molecule has 0 aliphatic carbocycles. The van der Waals surface area contributed by atoms with Gasteiger partial charge in [-0.1, -0.05) is 25.6 Å². The van der Waals surface area contributed by atoms with Gasteiger partial charge >= 0.3 is 0 Å². The first-order valence-corrected chi connectivity index (χ1v) is 7.76. The van der Waals surface area contributed by atoms with Gasteiger partial charge in [0, 0.05) is 41.9 Å².